The van der Waals surface area contributed by atoms with Gasteiger partial charge < -0.3 is 24.2 Å². The van der Waals surface area contributed by atoms with Crippen molar-refractivity contribution in [3.8, 4) is 0 Å². The van der Waals surface area contributed by atoms with E-state index >= 15 is 0 Å². The highest BCUT2D eigenvalue weighted by molar-refractivity contribution is 6.14. The summed E-state index contributed by atoms with van der Waals surface area (Å²) in [5.74, 6) is -2.99. The Hall–Kier alpha value is -3.46. The fourth-order valence-corrected chi connectivity index (χ4v) is 6.78. The SMILES string of the molecule is C=CCN(/C=C1/C(=O)O[C@@H](COC)[C@]2(C)C1=C(O)C(=O)C1=C2[C@H](OC(C)=O)C[C@@]2(C)C(=O)CC[C@H]12)CC=C. The molecule has 4 aliphatic rings. The number of Topliss-reactive ketones (excluding diaryl/α,β-unsaturated/α-hetero) is 2. The molecule has 1 N–H and O–H groups in total. The molecular weight excluding hydrogens is 490 g/mol. The van der Waals surface area contributed by atoms with Crippen molar-refractivity contribution in [1.29, 1.82) is 0 Å². The van der Waals surface area contributed by atoms with Crippen LogP contribution in [0.1, 0.15) is 40.0 Å². The number of rotatable bonds is 8. The summed E-state index contributed by atoms with van der Waals surface area (Å²) in [5.41, 5.74) is -1.35. The van der Waals surface area contributed by atoms with Gasteiger partial charge in [-0.2, -0.15) is 0 Å². The monoisotopic (exact) mass is 525 g/mol. The molecular formula is C29H35NO8. The van der Waals surface area contributed by atoms with Crippen molar-refractivity contribution in [2.45, 2.75) is 52.2 Å². The number of aliphatic hydroxyl groups is 1. The molecule has 0 aromatic rings. The number of aliphatic hydroxyl groups excluding tert-OH is 1. The summed E-state index contributed by atoms with van der Waals surface area (Å²) in [6.07, 6.45) is 3.89. The van der Waals surface area contributed by atoms with Crippen molar-refractivity contribution in [3.05, 3.63) is 59.6 Å². The Morgan fingerprint density at radius 1 is 1.21 bits per heavy atom. The van der Waals surface area contributed by atoms with Gasteiger partial charge in [0, 0.05) is 68.6 Å². The third-order valence-electron chi connectivity index (χ3n) is 8.46. The molecule has 4 rings (SSSR count). The number of carbonyl (C=O) groups is 4. The van der Waals surface area contributed by atoms with E-state index in [4.69, 9.17) is 14.2 Å². The van der Waals surface area contributed by atoms with Gasteiger partial charge in [-0.1, -0.05) is 19.1 Å². The van der Waals surface area contributed by atoms with Crippen molar-refractivity contribution in [2.75, 3.05) is 26.8 Å². The van der Waals surface area contributed by atoms with Gasteiger partial charge in [-0.25, -0.2) is 4.79 Å². The van der Waals surface area contributed by atoms with Crippen LogP contribution in [0.2, 0.25) is 0 Å². The zero-order chi connectivity index (χ0) is 28.0. The Labute approximate surface area is 222 Å². The fraction of sp³-hybridized carbons (Fsp3) is 0.517. The molecule has 9 nitrogen and oxygen atoms in total. The molecule has 0 amide bonds. The van der Waals surface area contributed by atoms with Crippen LogP contribution in [0.4, 0.5) is 0 Å². The molecule has 1 saturated heterocycles. The summed E-state index contributed by atoms with van der Waals surface area (Å²) in [6, 6.07) is 0. The number of allylic oxidation sites excluding steroid dienone is 1. The number of cyclic esters (lactones) is 1. The van der Waals surface area contributed by atoms with Crippen LogP contribution in [0.25, 0.3) is 0 Å². The van der Waals surface area contributed by atoms with E-state index in [1.807, 2.05) is 0 Å². The van der Waals surface area contributed by atoms with Crippen LogP contribution >= 0.6 is 0 Å². The predicted molar refractivity (Wildman–Crippen MR) is 138 cm³/mol. The molecule has 204 valence electrons. The number of ether oxygens (including phenoxy) is 3. The van der Waals surface area contributed by atoms with Crippen molar-refractivity contribution in [3.63, 3.8) is 0 Å². The molecule has 0 radical (unpaired) electrons. The van der Waals surface area contributed by atoms with E-state index in [2.05, 4.69) is 13.2 Å². The molecule has 3 aliphatic carbocycles. The third-order valence-corrected chi connectivity index (χ3v) is 8.46. The molecule has 0 spiro atoms. The smallest absolute Gasteiger partial charge is 0.340 e. The van der Waals surface area contributed by atoms with E-state index in [0.717, 1.165) is 0 Å². The molecule has 2 fully saturated rings. The maximum atomic E-state index is 14.0. The van der Waals surface area contributed by atoms with Crippen LogP contribution in [0.5, 0.6) is 0 Å². The van der Waals surface area contributed by atoms with Crippen molar-refractivity contribution >= 4 is 23.5 Å². The molecule has 38 heavy (non-hydrogen) atoms. The molecule has 0 unspecified atom stereocenters. The van der Waals surface area contributed by atoms with Crippen LogP contribution in [-0.2, 0) is 33.4 Å². The quantitative estimate of drug-likeness (QED) is 0.290. The van der Waals surface area contributed by atoms with Gasteiger partial charge in [0.05, 0.1) is 17.6 Å². The van der Waals surface area contributed by atoms with Gasteiger partial charge in [-0.15, -0.1) is 13.2 Å². The van der Waals surface area contributed by atoms with Gasteiger partial charge in [-0.3, -0.25) is 14.4 Å². The lowest BCUT2D eigenvalue weighted by atomic mass is 9.53. The van der Waals surface area contributed by atoms with Crippen LogP contribution in [0.3, 0.4) is 0 Å². The summed E-state index contributed by atoms with van der Waals surface area (Å²) in [5, 5.41) is 11.5. The number of nitrogens with zero attached hydrogens (tertiary/aromatic N) is 1. The maximum absolute atomic E-state index is 14.0. The van der Waals surface area contributed by atoms with E-state index in [9.17, 15) is 24.3 Å². The Morgan fingerprint density at radius 2 is 1.87 bits per heavy atom. The van der Waals surface area contributed by atoms with Gasteiger partial charge >= 0.3 is 11.9 Å². The maximum Gasteiger partial charge on any atom is 0.340 e. The van der Waals surface area contributed by atoms with E-state index in [1.54, 1.807) is 30.9 Å². The molecule has 0 aromatic heterocycles. The molecule has 1 saturated carbocycles. The average molecular weight is 526 g/mol. The van der Waals surface area contributed by atoms with Crippen LogP contribution in [0.15, 0.2) is 59.6 Å². The Balaban J connectivity index is 2.02. The van der Waals surface area contributed by atoms with Gasteiger partial charge in [0.25, 0.3) is 0 Å². The lowest BCUT2D eigenvalue weighted by molar-refractivity contribution is -0.160. The number of hydrogen-bond acceptors (Lipinski definition) is 9. The number of methoxy groups -OCH3 is 1. The first kappa shape index (κ1) is 27.6. The largest absolute Gasteiger partial charge is 0.504 e. The predicted octanol–water partition coefficient (Wildman–Crippen LogP) is 3.13. The highest BCUT2D eigenvalue weighted by atomic mass is 16.6. The van der Waals surface area contributed by atoms with Crippen LogP contribution in [-0.4, -0.2) is 72.5 Å². The lowest BCUT2D eigenvalue weighted by Gasteiger charge is -2.53. The van der Waals surface area contributed by atoms with Gasteiger partial charge in [0.1, 0.15) is 18.0 Å². The average Bonchev–Trinajstić information content (AvgIpc) is 3.13. The van der Waals surface area contributed by atoms with E-state index in [1.165, 1.54) is 20.2 Å². The first-order valence-corrected chi connectivity index (χ1v) is 12.8. The normalized spacial score (nSPS) is 33.4. The van der Waals surface area contributed by atoms with Crippen LogP contribution in [0, 0.1) is 16.7 Å². The number of carbonyl (C=O) groups excluding carboxylic acids is 4. The molecule has 1 heterocycles. The fourth-order valence-electron chi connectivity index (χ4n) is 6.78. The zero-order valence-corrected chi connectivity index (χ0v) is 22.4. The van der Waals surface area contributed by atoms with Crippen molar-refractivity contribution in [2.24, 2.45) is 16.7 Å². The number of ketones is 2. The Morgan fingerprint density at radius 3 is 2.45 bits per heavy atom. The summed E-state index contributed by atoms with van der Waals surface area (Å²) in [7, 11) is 1.46. The minimum atomic E-state index is -1.27. The molecule has 9 heteroatoms. The van der Waals surface area contributed by atoms with Gasteiger partial charge in [0.15, 0.2) is 5.76 Å². The first-order valence-electron chi connectivity index (χ1n) is 12.8. The second-order valence-corrected chi connectivity index (χ2v) is 10.7. The Bertz CT molecular complexity index is 1200. The highest BCUT2D eigenvalue weighted by Crippen LogP contribution is 2.62. The number of fused-ring (bicyclic) bond motifs is 4. The third kappa shape index (κ3) is 4.04. The Kier molecular flexibility index (Phi) is 7.27. The molecule has 0 bridgehead atoms. The minimum Gasteiger partial charge on any atom is -0.504 e. The summed E-state index contributed by atoms with van der Waals surface area (Å²) in [4.78, 5) is 54.3. The highest BCUT2D eigenvalue weighted by Gasteiger charge is 2.64. The molecule has 0 aromatic carbocycles. The van der Waals surface area contributed by atoms with E-state index in [0.29, 0.717) is 25.1 Å². The van der Waals surface area contributed by atoms with Crippen LogP contribution < -0.4 is 0 Å². The second-order valence-electron chi connectivity index (χ2n) is 10.7. The van der Waals surface area contributed by atoms with Gasteiger partial charge in [0.2, 0.25) is 5.78 Å². The summed E-state index contributed by atoms with van der Waals surface area (Å²) < 4.78 is 17.1. The standard InChI is InChI=1S/C29H35NO8/c1-7-11-30(12-8-2)14-17-23-26(34)25(33)22-18-9-10-20(32)28(18,4)13-19(37-16(3)31)24(22)29(23,5)21(15-36-6)38-27(17)35/h7-8,14,18-19,21,34H,1-2,9-13,15H2,3-6H3/b17-14+/t18-,19-,21+,28-,29-/m1/s1. The van der Waals surface area contributed by atoms with E-state index < -0.39 is 52.4 Å². The first-order chi connectivity index (χ1) is 17.9. The molecule has 5 atom stereocenters. The number of esters is 2. The lowest BCUT2D eigenvalue weighted by Crippen LogP contribution is -2.57. The number of hydrogen-bond donors (Lipinski definition) is 1. The van der Waals surface area contributed by atoms with E-state index in [-0.39, 0.29) is 42.0 Å². The molecule has 1 aliphatic heterocycles. The zero-order valence-electron chi connectivity index (χ0n) is 22.4. The minimum absolute atomic E-state index is 0.00740. The van der Waals surface area contributed by atoms with Gasteiger partial charge in [-0.05, 0) is 18.9 Å². The van der Waals surface area contributed by atoms with Crippen molar-refractivity contribution in [1.82, 2.24) is 4.90 Å². The summed E-state index contributed by atoms with van der Waals surface area (Å²) in [6.45, 7) is 13.0. The summed E-state index contributed by atoms with van der Waals surface area (Å²) >= 11 is 0. The van der Waals surface area contributed by atoms with Crippen molar-refractivity contribution < 1.29 is 38.5 Å². The topological polar surface area (TPSA) is 119 Å². The second kappa shape index (κ2) is 10.0.